The molecule has 90 valence electrons. The zero-order chi connectivity index (χ0) is 12.3. The highest BCUT2D eigenvalue weighted by molar-refractivity contribution is 6.01. The smallest absolute Gasteiger partial charge is 0.335 e. The Morgan fingerprint density at radius 2 is 2.19 bits per heavy atom. The number of esters is 1. The van der Waals surface area contributed by atoms with Gasteiger partial charge in [0.15, 0.2) is 5.76 Å². The molecule has 1 atom stereocenters. The first-order chi connectivity index (χ1) is 7.33. The van der Waals surface area contributed by atoms with E-state index in [1.165, 1.54) is 0 Å². The van der Waals surface area contributed by atoms with Crippen LogP contribution in [-0.2, 0) is 19.1 Å². The Labute approximate surface area is 95.6 Å². The van der Waals surface area contributed by atoms with E-state index in [0.717, 1.165) is 12.5 Å². The lowest BCUT2D eigenvalue weighted by Crippen LogP contribution is -2.23. The van der Waals surface area contributed by atoms with Crippen molar-refractivity contribution in [2.24, 2.45) is 5.92 Å². The molecule has 1 rings (SSSR count). The first-order valence-electron chi connectivity index (χ1n) is 5.45. The first-order valence-corrected chi connectivity index (χ1v) is 5.45. The average Bonchev–Trinajstić information content (AvgIpc) is 2.44. The molecular formula is C12H18O4. The van der Waals surface area contributed by atoms with Gasteiger partial charge in [0.25, 0.3) is 0 Å². The van der Waals surface area contributed by atoms with Crippen molar-refractivity contribution in [2.75, 3.05) is 6.61 Å². The maximum Gasteiger partial charge on any atom is 0.335 e. The molecule has 1 heterocycles. The Morgan fingerprint density at radius 1 is 1.56 bits per heavy atom. The highest BCUT2D eigenvalue weighted by atomic mass is 16.6. The maximum absolute atomic E-state index is 11.6. The van der Waals surface area contributed by atoms with Crippen LogP contribution < -0.4 is 0 Å². The summed E-state index contributed by atoms with van der Waals surface area (Å²) in [5.74, 6) is -0.629. The predicted molar refractivity (Wildman–Crippen MR) is 58.7 cm³/mol. The number of rotatable bonds is 2. The summed E-state index contributed by atoms with van der Waals surface area (Å²) in [4.78, 5) is 23.1. The van der Waals surface area contributed by atoms with Crippen LogP contribution in [0.5, 0.6) is 0 Å². The molecule has 0 bridgehead atoms. The van der Waals surface area contributed by atoms with Crippen molar-refractivity contribution in [3.05, 3.63) is 11.8 Å². The molecule has 0 radical (unpaired) electrons. The van der Waals surface area contributed by atoms with Crippen LogP contribution in [0.2, 0.25) is 0 Å². The molecule has 0 aromatic carbocycles. The summed E-state index contributed by atoms with van der Waals surface area (Å²) in [6.07, 6.45) is 1.87. The molecule has 0 saturated carbocycles. The number of carbonyl (C=O) groups is 2. The Hall–Kier alpha value is -1.32. The van der Waals surface area contributed by atoms with Gasteiger partial charge in [0.1, 0.15) is 5.60 Å². The lowest BCUT2D eigenvalue weighted by molar-refractivity contribution is -0.148. The van der Waals surface area contributed by atoms with Crippen molar-refractivity contribution >= 4 is 11.8 Å². The van der Waals surface area contributed by atoms with Crippen molar-refractivity contribution in [2.45, 2.75) is 39.7 Å². The average molecular weight is 226 g/mol. The second kappa shape index (κ2) is 4.68. The van der Waals surface area contributed by atoms with Crippen LogP contribution in [0.4, 0.5) is 0 Å². The monoisotopic (exact) mass is 226 g/mol. The minimum Gasteiger partial charge on any atom is -0.489 e. The molecule has 4 heteroatoms. The van der Waals surface area contributed by atoms with Crippen molar-refractivity contribution in [1.29, 1.82) is 0 Å². The summed E-state index contributed by atoms with van der Waals surface area (Å²) in [5.41, 5.74) is -0.556. The fraction of sp³-hybridized carbons (Fsp3) is 0.667. The normalized spacial score (nSPS) is 23.4. The van der Waals surface area contributed by atoms with Crippen LogP contribution in [0.3, 0.4) is 0 Å². The number of Topliss-reactive ketones (excluding diaryl/α,β-unsaturated/α-hetero) is 1. The van der Waals surface area contributed by atoms with E-state index in [4.69, 9.17) is 9.47 Å². The van der Waals surface area contributed by atoms with E-state index < -0.39 is 11.6 Å². The van der Waals surface area contributed by atoms with Gasteiger partial charge in [-0.3, -0.25) is 4.79 Å². The zero-order valence-electron chi connectivity index (χ0n) is 10.2. The molecular weight excluding hydrogens is 208 g/mol. The molecule has 4 nitrogen and oxygen atoms in total. The molecule has 0 N–H and O–H groups in total. The lowest BCUT2D eigenvalue weighted by atomic mass is 10.0. The van der Waals surface area contributed by atoms with Gasteiger partial charge in [0.05, 0.1) is 18.6 Å². The second-order valence-electron chi connectivity index (χ2n) is 4.82. The third-order valence-electron chi connectivity index (χ3n) is 2.20. The summed E-state index contributed by atoms with van der Waals surface area (Å²) in [6.45, 7) is 7.60. The van der Waals surface area contributed by atoms with E-state index in [-0.39, 0.29) is 17.5 Å². The van der Waals surface area contributed by atoms with Gasteiger partial charge in [-0.15, -0.1) is 0 Å². The quantitative estimate of drug-likeness (QED) is 0.532. The van der Waals surface area contributed by atoms with E-state index in [9.17, 15) is 9.59 Å². The molecule has 0 spiro atoms. The van der Waals surface area contributed by atoms with Crippen molar-refractivity contribution in [3.8, 4) is 0 Å². The largest absolute Gasteiger partial charge is 0.489 e. The van der Waals surface area contributed by atoms with E-state index in [1.807, 2.05) is 6.92 Å². The van der Waals surface area contributed by atoms with Gasteiger partial charge in [0.2, 0.25) is 5.78 Å². The van der Waals surface area contributed by atoms with Gasteiger partial charge in [-0.2, -0.15) is 0 Å². The first kappa shape index (κ1) is 12.7. The van der Waals surface area contributed by atoms with Crippen molar-refractivity contribution < 1.29 is 19.1 Å². The summed E-state index contributed by atoms with van der Waals surface area (Å²) in [7, 11) is 0. The molecule has 16 heavy (non-hydrogen) atoms. The molecule has 1 aliphatic rings. The van der Waals surface area contributed by atoms with E-state index in [0.29, 0.717) is 6.61 Å². The van der Waals surface area contributed by atoms with E-state index in [2.05, 4.69) is 0 Å². The Morgan fingerprint density at radius 3 is 2.62 bits per heavy atom. The van der Waals surface area contributed by atoms with Gasteiger partial charge >= 0.3 is 5.97 Å². The lowest BCUT2D eigenvalue weighted by Gasteiger charge is -2.18. The van der Waals surface area contributed by atoms with Crippen molar-refractivity contribution in [3.63, 3.8) is 0 Å². The van der Waals surface area contributed by atoms with Crippen LogP contribution in [0.15, 0.2) is 11.8 Å². The van der Waals surface area contributed by atoms with E-state index in [1.54, 1.807) is 20.8 Å². The molecule has 0 unspecified atom stereocenters. The SMILES string of the molecule is CC[C@H]1COC(=CC(=O)OC(C)(C)C)C1=O. The summed E-state index contributed by atoms with van der Waals surface area (Å²) >= 11 is 0. The van der Waals surface area contributed by atoms with Crippen LogP contribution in [-0.4, -0.2) is 24.0 Å². The molecule has 0 aromatic rings. The fourth-order valence-electron chi connectivity index (χ4n) is 1.39. The molecule has 1 fully saturated rings. The van der Waals surface area contributed by atoms with Gasteiger partial charge in [-0.25, -0.2) is 4.79 Å². The summed E-state index contributed by atoms with van der Waals surface area (Å²) < 4.78 is 10.2. The minimum absolute atomic E-state index is 0.103. The predicted octanol–water partition coefficient (Wildman–Crippen LogP) is 1.84. The third-order valence-corrected chi connectivity index (χ3v) is 2.20. The highest BCUT2D eigenvalue weighted by Gasteiger charge is 2.30. The Balaban J connectivity index is 2.65. The topological polar surface area (TPSA) is 52.6 Å². The molecule has 1 saturated heterocycles. The number of hydrogen-bond acceptors (Lipinski definition) is 4. The third kappa shape index (κ3) is 3.36. The minimum atomic E-state index is -0.556. The van der Waals surface area contributed by atoms with Crippen molar-refractivity contribution in [1.82, 2.24) is 0 Å². The Kier molecular flexibility index (Phi) is 3.73. The van der Waals surface area contributed by atoms with Gasteiger partial charge in [-0.05, 0) is 27.2 Å². The second-order valence-corrected chi connectivity index (χ2v) is 4.82. The molecule has 0 amide bonds. The number of hydrogen-bond donors (Lipinski definition) is 0. The van der Waals surface area contributed by atoms with Crippen LogP contribution in [0.25, 0.3) is 0 Å². The number of allylic oxidation sites excluding steroid dienone is 1. The number of carbonyl (C=O) groups excluding carboxylic acids is 2. The number of ether oxygens (including phenoxy) is 2. The van der Waals surface area contributed by atoms with Crippen LogP contribution in [0, 0.1) is 5.92 Å². The molecule has 0 aromatic heterocycles. The van der Waals surface area contributed by atoms with E-state index >= 15 is 0 Å². The van der Waals surface area contributed by atoms with Gasteiger partial charge in [-0.1, -0.05) is 6.92 Å². The standard InChI is InChI=1S/C12H18O4/c1-5-8-7-15-9(11(8)14)6-10(13)16-12(2,3)4/h6,8H,5,7H2,1-4H3/t8-/m0/s1. The Bertz CT molecular complexity index is 322. The summed E-state index contributed by atoms with van der Waals surface area (Å²) in [6, 6.07) is 0. The zero-order valence-corrected chi connectivity index (χ0v) is 10.2. The molecule has 1 aliphatic heterocycles. The molecule has 0 aliphatic carbocycles. The van der Waals surface area contributed by atoms with Gasteiger partial charge < -0.3 is 9.47 Å². The number of ketones is 1. The van der Waals surface area contributed by atoms with Crippen LogP contribution >= 0.6 is 0 Å². The fourth-order valence-corrected chi connectivity index (χ4v) is 1.39. The summed E-state index contributed by atoms with van der Waals surface area (Å²) in [5, 5.41) is 0. The maximum atomic E-state index is 11.6. The van der Waals surface area contributed by atoms with Crippen LogP contribution in [0.1, 0.15) is 34.1 Å². The van der Waals surface area contributed by atoms with Gasteiger partial charge in [0, 0.05) is 0 Å². The highest BCUT2D eigenvalue weighted by Crippen LogP contribution is 2.21.